The van der Waals surface area contributed by atoms with E-state index in [1.807, 2.05) is 30.3 Å². The molecule has 0 spiro atoms. The van der Waals surface area contributed by atoms with E-state index in [-0.39, 0.29) is 0 Å². The van der Waals surface area contributed by atoms with Crippen molar-refractivity contribution in [1.82, 2.24) is 4.98 Å². The van der Waals surface area contributed by atoms with Crippen LogP contribution in [0.25, 0.3) is 66.4 Å². The van der Waals surface area contributed by atoms with E-state index in [0.29, 0.717) is 5.89 Å². The number of benzene rings is 12. The van der Waals surface area contributed by atoms with E-state index in [1.54, 1.807) is 0 Å². The van der Waals surface area contributed by atoms with Crippen LogP contribution in [0.3, 0.4) is 0 Å². The van der Waals surface area contributed by atoms with Gasteiger partial charge in [0.2, 0.25) is 5.89 Å². The first-order chi connectivity index (χ1) is 36.7. The predicted octanol–water partition coefficient (Wildman–Crippen LogP) is 19.5. The number of aromatic nitrogens is 1. The SMILES string of the molecule is c1ccc(-c2nc3ccc4ccc5ccc(N(c6cccc(N(c7ccccc7)c7ccc(N(c8ccccc8)c8ccccc8)cc7)c6)c6ccccc6-c6ccccc6-c6ccccc6)cc5c4c3o2)cc1. The van der Waals surface area contributed by atoms with Gasteiger partial charge in [0.05, 0.1) is 5.69 Å². The Morgan fingerprint density at radius 2 is 0.703 bits per heavy atom. The van der Waals surface area contributed by atoms with Gasteiger partial charge in [-0.1, -0.05) is 176 Å². The molecule has 5 nitrogen and oxygen atoms in total. The average molecular weight is 949 g/mol. The molecule has 0 atom stereocenters. The second-order valence-corrected chi connectivity index (χ2v) is 18.3. The molecule has 12 aromatic carbocycles. The van der Waals surface area contributed by atoms with Crippen LogP contribution in [-0.2, 0) is 0 Å². The van der Waals surface area contributed by atoms with Gasteiger partial charge < -0.3 is 19.1 Å². The maximum Gasteiger partial charge on any atom is 0.227 e. The summed E-state index contributed by atoms with van der Waals surface area (Å²) in [5.41, 5.74) is 16.5. The highest BCUT2D eigenvalue weighted by molar-refractivity contribution is 6.19. The van der Waals surface area contributed by atoms with Crippen molar-refractivity contribution < 1.29 is 4.42 Å². The van der Waals surface area contributed by atoms with Crippen molar-refractivity contribution in [3.05, 3.63) is 291 Å². The fourth-order valence-electron chi connectivity index (χ4n) is 10.4. The van der Waals surface area contributed by atoms with Crippen LogP contribution in [0.5, 0.6) is 0 Å². The molecule has 350 valence electrons. The van der Waals surface area contributed by atoms with Gasteiger partial charge in [-0.2, -0.15) is 0 Å². The van der Waals surface area contributed by atoms with Crippen molar-refractivity contribution >= 4 is 83.8 Å². The summed E-state index contributed by atoms with van der Waals surface area (Å²) in [5.74, 6) is 0.605. The summed E-state index contributed by atoms with van der Waals surface area (Å²) >= 11 is 0. The highest BCUT2D eigenvalue weighted by Gasteiger charge is 2.23. The first-order valence-electron chi connectivity index (χ1n) is 25.0. The highest BCUT2D eigenvalue weighted by Crippen LogP contribution is 2.47. The van der Waals surface area contributed by atoms with Gasteiger partial charge in [0, 0.05) is 62.0 Å². The summed E-state index contributed by atoms with van der Waals surface area (Å²) in [6, 6.07) is 103. The smallest absolute Gasteiger partial charge is 0.227 e. The lowest BCUT2D eigenvalue weighted by molar-refractivity contribution is 0.623. The number of fused-ring (bicyclic) bond motifs is 5. The van der Waals surface area contributed by atoms with Crippen molar-refractivity contribution in [2.75, 3.05) is 14.7 Å². The van der Waals surface area contributed by atoms with E-state index in [0.717, 1.165) is 112 Å². The van der Waals surface area contributed by atoms with Crippen molar-refractivity contribution in [3.8, 4) is 33.7 Å². The molecule has 0 saturated heterocycles. The largest absolute Gasteiger partial charge is 0.435 e. The molecule has 0 radical (unpaired) electrons. The lowest BCUT2D eigenvalue weighted by atomic mass is 9.93. The average Bonchev–Trinajstić information content (AvgIpc) is 3.94. The van der Waals surface area contributed by atoms with E-state index in [2.05, 4.69) is 276 Å². The first kappa shape index (κ1) is 44.0. The van der Waals surface area contributed by atoms with Gasteiger partial charge in [0.25, 0.3) is 0 Å². The van der Waals surface area contributed by atoms with Crippen LogP contribution in [-0.4, -0.2) is 4.98 Å². The fourth-order valence-corrected chi connectivity index (χ4v) is 10.4. The Kier molecular flexibility index (Phi) is 11.5. The Morgan fingerprint density at radius 1 is 0.284 bits per heavy atom. The zero-order valence-corrected chi connectivity index (χ0v) is 40.4. The molecule has 0 amide bonds. The molecule has 0 bridgehead atoms. The van der Waals surface area contributed by atoms with Gasteiger partial charge in [-0.05, 0) is 148 Å². The molecule has 1 heterocycles. The third kappa shape index (κ3) is 8.28. The predicted molar refractivity (Wildman–Crippen MR) is 309 cm³/mol. The number of hydrogen-bond acceptors (Lipinski definition) is 5. The molecule has 0 saturated carbocycles. The normalized spacial score (nSPS) is 11.2. The van der Waals surface area contributed by atoms with Crippen LogP contribution in [0.1, 0.15) is 0 Å². The number of anilines is 9. The number of oxazole rings is 1. The molecule has 0 unspecified atom stereocenters. The highest BCUT2D eigenvalue weighted by atomic mass is 16.3. The van der Waals surface area contributed by atoms with Crippen LogP contribution in [0.4, 0.5) is 51.2 Å². The maximum absolute atomic E-state index is 6.74. The van der Waals surface area contributed by atoms with Crippen molar-refractivity contribution in [2.45, 2.75) is 0 Å². The van der Waals surface area contributed by atoms with Gasteiger partial charge in [-0.3, -0.25) is 0 Å². The van der Waals surface area contributed by atoms with Crippen LogP contribution in [0.15, 0.2) is 296 Å². The van der Waals surface area contributed by atoms with E-state index in [4.69, 9.17) is 9.40 Å². The molecule has 13 aromatic rings. The molecule has 0 fully saturated rings. The Bertz CT molecular complexity index is 4030. The summed E-state index contributed by atoms with van der Waals surface area (Å²) in [6.45, 7) is 0. The van der Waals surface area contributed by atoms with Crippen molar-refractivity contribution in [1.29, 1.82) is 0 Å². The van der Waals surface area contributed by atoms with E-state index < -0.39 is 0 Å². The fraction of sp³-hybridized carbons (Fsp3) is 0. The third-order valence-corrected chi connectivity index (χ3v) is 13.8. The van der Waals surface area contributed by atoms with Gasteiger partial charge in [-0.25, -0.2) is 4.98 Å². The molecule has 13 rings (SSSR count). The molecular weight excluding hydrogens is 901 g/mol. The molecule has 0 N–H and O–H groups in total. The van der Waals surface area contributed by atoms with Gasteiger partial charge >= 0.3 is 0 Å². The second kappa shape index (κ2) is 19.3. The van der Waals surface area contributed by atoms with Crippen molar-refractivity contribution in [3.63, 3.8) is 0 Å². The van der Waals surface area contributed by atoms with Crippen LogP contribution in [0, 0.1) is 0 Å². The van der Waals surface area contributed by atoms with E-state index >= 15 is 0 Å². The lowest BCUT2D eigenvalue weighted by Gasteiger charge is -2.31. The summed E-state index contributed by atoms with van der Waals surface area (Å²) < 4.78 is 6.74. The lowest BCUT2D eigenvalue weighted by Crippen LogP contribution is -2.14. The summed E-state index contributed by atoms with van der Waals surface area (Å²) in [5, 5.41) is 4.31. The third-order valence-electron chi connectivity index (χ3n) is 13.8. The molecule has 0 aliphatic carbocycles. The topological polar surface area (TPSA) is 35.8 Å². The molecule has 0 aliphatic heterocycles. The van der Waals surface area contributed by atoms with Crippen LogP contribution in [0.2, 0.25) is 0 Å². The zero-order valence-electron chi connectivity index (χ0n) is 40.4. The quantitative estimate of drug-likeness (QED) is 0.114. The number of para-hydroxylation sites is 4. The Balaban J connectivity index is 0.999. The minimum absolute atomic E-state index is 0.605. The molecule has 5 heteroatoms. The Hall–Kier alpha value is -9.97. The van der Waals surface area contributed by atoms with Crippen molar-refractivity contribution in [2.24, 2.45) is 0 Å². The van der Waals surface area contributed by atoms with Crippen LogP contribution >= 0.6 is 0 Å². The Labute approximate surface area is 430 Å². The molecule has 74 heavy (non-hydrogen) atoms. The maximum atomic E-state index is 6.74. The number of nitrogens with zero attached hydrogens (tertiary/aromatic N) is 4. The zero-order chi connectivity index (χ0) is 49.2. The molecule has 1 aromatic heterocycles. The molecule has 0 aliphatic rings. The van der Waals surface area contributed by atoms with Gasteiger partial charge in [0.1, 0.15) is 5.52 Å². The van der Waals surface area contributed by atoms with E-state index in [1.165, 1.54) is 0 Å². The second-order valence-electron chi connectivity index (χ2n) is 18.3. The van der Waals surface area contributed by atoms with Gasteiger partial charge in [-0.15, -0.1) is 0 Å². The Morgan fingerprint density at radius 3 is 1.32 bits per heavy atom. The monoisotopic (exact) mass is 948 g/mol. The van der Waals surface area contributed by atoms with Crippen LogP contribution < -0.4 is 14.7 Å². The number of rotatable bonds is 12. The minimum atomic E-state index is 0.605. The van der Waals surface area contributed by atoms with E-state index in [9.17, 15) is 0 Å². The molecular formula is C69H48N4O. The summed E-state index contributed by atoms with van der Waals surface area (Å²) in [4.78, 5) is 12.1. The standard InChI is InChI=1S/C69H48N4O/c1-6-21-49(22-7-1)61-33-16-17-34-62(61)63-35-18-19-36-66(63)73(60-41-39-50-37-38-51-40-46-65-68(67(51)64(50)48-60)74-69(70-65)52-23-8-2-9-24-52)59-32-20-31-58(47-59)72(55-29-14-5-15-30-55)57-44-42-56(43-45-57)71(53-25-10-3-11-26-53)54-27-12-4-13-28-54/h1-48H. The summed E-state index contributed by atoms with van der Waals surface area (Å²) in [6.07, 6.45) is 0. The summed E-state index contributed by atoms with van der Waals surface area (Å²) in [7, 11) is 0. The minimum Gasteiger partial charge on any atom is -0.435 e. The van der Waals surface area contributed by atoms with Gasteiger partial charge in [0.15, 0.2) is 5.58 Å². The first-order valence-corrected chi connectivity index (χ1v) is 25.0. The number of hydrogen-bond donors (Lipinski definition) is 0.